The van der Waals surface area contributed by atoms with E-state index < -0.39 is 0 Å². The van der Waals surface area contributed by atoms with Crippen molar-refractivity contribution in [1.82, 2.24) is 10.2 Å². The Balaban J connectivity index is 2.53. The highest BCUT2D eigenvalue weighted by Crippen LogP contribution is 2.20. The van der Waals surface area contributed by atoms with E-state index in [0.717, 1.165) is 24.6 Å². The number of nitrogens with zero attached hydrogens (tertiary/aromatic N) is 1. The number of hydrogen-bond donors (Lipinski definition) is 1. The molecule has 1 N–H and O–H groups in total. The first-order valence-corrected chi connectivity index (χ1v) is 7.08. The van der Waals surface area contributed by atoms with E-state index in [4.69, 9.17) is 16.3 Å². The molecule has 108 valence electrons. The molecule has 2 unspecified atom stereocenters. The van der Waals surface area contributed by atoms with Gasteiger partial charge in [0.1, 0.15) is 0 Å². The van der Waals surface area contributed by atoms with Crippen molar-refractivity contribution < 1.29 is 4.74 Å². The van der Waals surface area contributed by atoms with E-state index in [2.05, 4.69) is 30.3 Å². The monoisotopic (exact) mass is 284 g/mol. The molecule has 0 aromatic heterocycles. The highest BCUT2D eigenvalue weighted by molar-refractivity contribution is 6.30. The summed E-state index contributed by atoms with van der Waals surface area (Å²) in [7, 11) is 5.87. The van der Waals surface area contributed by atoms with Gasteiger partial charge in [-0.2, -0.15) is 0 Å². The largest absolute Gasteiger partial charge is 0.383 e. The zero-order valence-corrected chi connectivity index (χ0v) is 13.1. The molecule has 0 heterocycles. The van der Waals surface area contributed by atoms with Crippen molar-refractivity contribution in [3.8, 4) is 0 Å². The van der Waals surface area contributed by atoms with Crippen LogP contribution >= 0.6 is 11.6 Å². The van der Waals surface area contributed by atoms with Crippen molar-refractivity contribution in [2.45, 2.75) is 25.4 Å². The molecule has 0 saturated carbocycles. The van der Waals surface area contributed by atoms with Gasteiger partial charge in [0.25, 0.3) is 0 Å². The van der Waals surface area contributed by atoms with Crippen LogP contribution in [0.2, 0.25) is 5.02 Å². The van der Waals surface area contributed by atoms with Gasteiger partial charge in [-0.3, -0.25) is 0 Å². The van der Waals surface area contributed by atoms with Crippen LogP contribution in [0, 0.1) is 0 Å². The lowest BCUT2D eigenvalue weighted by Gasteiger charge is -2.26. The number of benzene rings is 1. The van der Waals surface area contributed by atoms with Crippen molar-refractivity contribution in [2.24, 2.45) is 0 Å². The average molecular weight is 285 g/mol. The Labute approximate surface area is 121 Å². The number of rotatable bonds is 8. The van der Waals surface area contributed by atoms with Gasteiger partial charge in [0, 0.05) is 30.8 Å². The molecule has 3 nitrogen and oxygen atoms in total. The Morgan fingerprint density at radius 3 is 2.74 bits per heavy atom. The van der Waals surface area contributed by atoms with Crippen LogP contribution in [0.1, 0.15) is 24.9 Å². The molecular formula is C15H25ClN2O. The van der Waals surface area contributed by atoms with Gasteiger partial charge in [-0.1, -0.05) is 23.7 Å². The van der Waals surface area contributed by atoms with Gasteiger partial charge < -0.3 is 15.0 Å². The number of nitrogens with one attached hydrogen (secondary N) is 1. The van der Waals surface area contributed by atoms with Crippen molar-refractivity contribution in [1.29, 1.82) is 0 Å². The lowest BCUT2D eigenvalue weighted by atomic mass is 10.0. The van der Waals surface area contributed by atoms with Gasteiger partial charge in [-0.05, 0) is 45.1 Å². The molecule has 1 rings (SSSR count). The average Bonchev–Trinajstić information content (AvgIpc) is 2.39. The smallest absolute Gasteiger partial charge is 0.0615 e. The first kappa shape index (κ1) is 16.4. The second kappa shape index (κ2) is 8.54. The van der Waals surface area contributed by atoms with Crippen LogP contribution in [0.4, 0.5) is 0 Å². The quantitative estimate of drug-likeness (QED) is 0.794. The number of halogens is 1. The van der Waals surface area contributed by atoms with Crippen molar-refractivity contribution in [3.05, 3.63) is 34.9 Å². The van der Waals surface area contributed by atoms with E-state index in [1.54, 1.807) is 7.11 Å². The summed E-state index contributed by atoms with van der Waals surface area (Å²) in [4.78, 5) is 2.32. The van der Waals surface area contributed by atoms with Crippen LogP contribution in [0.25, 0.3) is 0 Å². The van der Waals surface area contributed by atoms with E-state index in [9.17, 15) is 0 Å². The van der Waals surface area contributed by atoms with E-state index in [0.29, 0.717) is 12.1 Å². The zero-order valence-electron chi connectivity index (χ0n) is 12.3. The lowest BCUT2D eigenvalue weighted by Crippen LogP contribution is -2.35. The standard InChI is InChI=1S/C15H25ClN2O/c1-12(11-19-4)18(3)9-8-15(17-2)13-6-5-7-14(16)10-13/h5-7,10,12,15,17H,8-9,11H2,1-4H3. The third-order valence-corrected chi connectivity index (χ3v) is 3.77. The minimum Gasteiger partial charge on any atom is -0.383 e. The summed E-state index contributed by atoms with van der Waals surface area (Å²) < 4.78 is 5.18. The fraction of sp³-hybridized carbons (Fsp3) is 0.600. The zero-order chi connectivity index (χ0) is 14.3. The number of likely N-dealkylation sites (N-methyl/N-ethyl adjacent to an activating group) is 1. The molecule has 0 bridgehead atoms. The molecule has 0 fully saturated rings. The summed E-state index contributed by atoms with van der Waals surface area (Å²) in [6.45, 7) is 3.96. The van der Waals surface area contributed by atoms with Gasteiger partial charge in [0.2, 0.25) is 0 Å². The van der Waals surface area contributed by atoms with Crippen molar-refractivity contribution in [3.63, 3.8) is 0 Å². The number of ether oxygens (including phenoxy) is 1. The highest BCUT2D eigenvalue weighted by atomic mass is 35.5. The minimum atomic E-state index is 0.330. The molecule has 19 heavy (non-hydrogen) atoms. The van der Waals surface area contributed by atoms with Crippen LogP contribution in [0.3, 0.4) is 0 Å². The van der Waals surface area contributed by atoms with Gasteiger partial charge in [-0.15, -0.1) is 0 Å². The lowest BCUT2D eigenvalue weighted by molar-refractivity contribution is 0.113. The second-order valence-electron chi connectivity index (χ2n) is 4.97. The first-order chi connectivity index (χ1) is 9.08. The molecule has 1 aromatic rings. The van der Waals surface area contributed by atoms with Crippen LogP contribution in [0.15, 0.2) is 24.3 Å². The molecule has 0 amide bonds. The Morgan fingerprint density at radius 2 is 2.16 bits per heavy atom. The second-order valence-corrected chi connectivity index (χ2v) is 5.41. The SMILES string of the molecule is CNC(CCN(C)C(C)COC)c1cccc(Cl)c1. The first-order valence-electron chi connectivity index (χ1n) is 6.70. The van der Waals surface area contributed by atoms with Gasteiger partial charge in [0.05, 0.1) is 6.61 Å². The molecule has 1 aromatic carbocycles. The van der Waals surface area contributed by atoms with Gasteiger partial charge in [0.15, 0.2) is 0 Å². The molecule has 0 aliphatic rings. The Bertz CT molecular complexity index is 373. The van der Waals surface area contributed by atoms with Crippen LogP contribution in [0.5, 0.6) is 0 Å². The maximum atomic E-state index is 6.05. The highest BCUT2D eigenvalue weighted by Gasteiger charge is 2.13. The molecule has 0 aliphatic heterocycles. The fourth-order valence-corrected chi connectivity index (χ4v) is 2.32. The minimum absolute atomic E-state index is 0.330. The van der Waals surface area contributed by atoms with Crippen molar-refractivity contribution in [2.75, 3.05) is 34.4 Å². The van der Waals surface area contributed by atoms with Crippen LogP contribution in [-0.4, -0.2) is 45.3 Å². The fourth-order valence-electron chi connectivity index (χ4n) is 2.12. The maximum Gasteiger partial charge on any atom is 0.0615 e. The summed E-state index contributed by atoms with van der Waals surface area (Å²) in [5, 5.41) is 4.15. The summed E-state index contributed by atoms with van der Waals surface area (Å²) in [6, 6.07) is 8.81. The predicted molar refractivity (Wildman–Crippen MR) is 81.8 cm³/mol. The Kier molecular flexibility index (Phi) is 7.39. The summed E-state index contributed by atoms with van der Waals surface area (Å²) in [5.41, 5.74) is 1.24. The van der Waals surface area contributed by atoms with Crippen LogP contribution in [-0.2, 0) is 4.74 Å². The van der Waals surface area contributed by atoms with E-state index in [-0.39, 0.29) is 0 Å². The molecular weight excluding hydrogens is 260 g/mol. The van der Waals surface area contributed by atoms with Crippen LogP contribution < -0.4 is 5.32 Å². The van der Waals surface area contributed by atoms with E-state index in [1.807, 2.05) is 25.2 Å². The molecule has 0 radical (unpaired) electrons. The third kappa shape index (κ3) is 5.49. The number of methoxy groups -OCH3 is 1. The molecule has 0 spiro atoms. The van der Waals surface area contributed by atoms with E-state index in [1.165, 1.54) is 5.56 Å². The van der Waals surface area contributed by atoms with Gasteiger partial charge >= 0.3 is 0 Å². The molecule has 2 atom stereocenters. The Hall–Kier alpha value is -0.610. The maximum absolute atomic E-state index is 6.05. The molecule has 0 saturated heterocycles. The van der Waals surface area contributed by atoms with Crippen molar-refractivity contribution >= 4 is 11.6 Å². The number of hydrogen-bond acceptors (Lipinski definition) is 3. The predicted octanol–water partition coefficient (Wildman–Crippen LogP) is 2.96. The normalized spacial score (nSPS) is 14.6. The molecule has 0 aliphatic carbocycles. The summed E-state index contributed by atoms with van der Waals surface area (Å²) in [6.07, 6.45) is 1.04. The Morgan fingerprint density at radius 1 is 1.42 bits per heavy atom. The van der Waals surface area contributed by atoms with E-state index >= 15 is 0 Å². The summed E-state index contributed by atoms with van der Waals surface area (Å²) >= 11 is 6.05. The van der Waals surface area contributed by atoms with Gasteiger partial charge in [-0.25, -0.2) is 0 Å². The summed E-state index contributed by atoms with van der Waals surface area (Å²) in [5.74, 6) is 0. The molecule has 4 heteroatoms. The topological polar surface area (TPSA) is 24.5 Å². The third-order valence-electron chi connectivity index (χ3n) is 3.53.